The normalized spacial score (nSPS) is 12.6. The lowest BCUT2D eigenvalue weighted by atomic mass is 10.0. The fourth-order valence-corrected chi connectivity index (χ4v) is 1.91. The summed E-state index contributed by atoms with van der Waals surface area (Å²) in [7, 11) is 0. The summed E-state index contributed by atoms with van der Waals surface area (Å²) in [5.74, 6) is -4.05. The highest BCUT2D eigenvalue weighted by Gasteiger charge is 2.68. The third-order valence-corrected chi connectivity index (χ3v) is 3.42. The number of ether oxygens (including phenoxy) is 2. The van der Waals surface area contributed by atoms with Crippen molar-refractivity contribution in [2.75, 3.05) is 13.2 Å². The van der Waals surface area contributed by atoms with E-state index in [9.17, 15) is 41.0 Å². The van der Waals surface area contributed by atoms with E-state index in [1.165, 1.54) is 18.2 Å². The Kier molecular flexibility index (Phi) is 6.45. The van der Waals surface area contributed by atoms with E-state index in [4.69, 9.17) is 0 Å². The Morgan fingerprint density at radius 2 is 1.44 bits per heavy atom. The first-order valence-corrected chi connectivity index (χ1v) is 7.04. The average molecular weight is 438 g/mol. The van der Waals surface area contributed by atoms with Gasteiger partial charge < -0.3 is 14.6 Å². The molecule has 0 saturated heterocycles. The molecule has 0 bridgehead atoms. The lowest BCUT2D eigenvalue weighted by Crippen LogP contribution is -2.71. The molecule has 1 aromatic rings. The van der Waals surface area contributed by atoms with Crippen LogP contribution in [-0.2, 0) is 14.3 Å². The van der Waals surface area contributed by atoms with Gasteiger partial charge in [-0.2, -0.15) is 26.3 Å². The van der Waals surface area contributed by atoms with Crippen molar-refractivity contribution in [3.8, 4) is 0 Å². The van der Waals surface area contributed by atoms with Gasteiger partial charge in [0.2, 0.25) is 0 Å². The fourth-order valence-electron chi connectivity index (χ4n) is 1.47. The van der Waals surface area contributed by atoms with Crippen LogP contribution in [0.2, 0.25) is 0 Å². The number of carbonyl (C=O) groups is 2. The molecule has 140 valence electrons. The Labute approximate surface area is 144 Å². The zero-order chi connectivity index (χ0) is 19.5. The highest BCUT2D eigenvalue weighted by atomic mass is 79.9. The summed E-state index contributed by atoms with van der Waals surface area (Å²) in [6, 6.07) is 5.86. The zero-order valence-corrected chi connectivity index (χ0v) is 13.5. The summed E-state index contributed by atoms with van der Waals surface area (Å²) in [5.41, 5.74) is -5.90. The minimum Gasteiger partial charge on any atom is -0.828 e. The number of esters is 2. The number of hydrogen-bond acceptors (Lipinski definition) is 5. The van der Waals surface area contributed by atoms with Gasteiger partial charge in [0.25, 0.3) is 0 Å². The van der Waals surface area contributed by atoms with Gasteiger partial charge in [-0.3, -0.25) is 4.79 Å². The smallest absolute Gasteiger partial charge is 0.399 e. The van der Waals surface area contributed by atoms with Gasteiger partial charge >= 0.3 is 24.3 Å². The first-order chi connectivity index (χ1) is 11.3. The van der Waals surface area contributed by atoms with Gasteiger partial charge in [0, 0.05) is 4.47 Å². The number of halogens is 7. The first kappa shape index (κ1) is 21.2. The van der Waals surface area contributed by atoms with Gasteiger partial charge in [0.05, 0.1) is 5.56 Å². The second-order valence-corrected chi connectivity index (χ2v) is 5.28. The summed E-state index contributed by atoms with van der Waals surface area (Å²) >= 11 is 3.02. The quantitative estimate of drug-likeness (QED) is 0.401. The highest BCUT2D eigenvalue weighted by Crippen LogP contribution is 2.41. The lowest BCUT2D eigenvalue weighted by molar-refractivity contribution is -0.574. The van der Waals surface area contributed by atoms with Crippen molar-refractivity contribution >= 4 is 27.9 Å². The molecule has 5 nitrogen and oxygen atoms in total. The number of benzene rings is 1. The second-order valence-electron chi connectivity index (χ2n) is 4.43. The summed E-state index contributed by atoms with van der Waals surface area (Å²) in [4.78, 5) is 22.6. The summed E-state index contributed by atoms with van der Waals surface area (Å²) in [5, 5.41) is 11.0. The van der Waals surface area contributed by atoms with Gasteiger partial charge in [-0.1, -0.05) is 12.1 Å². The van der Waals surface area contributed by atoms with Crippen molar-refractivity contribution < 1.29 is 50.5 Å². The molecule has 0 aliphatic heterocycles. The van der Waals surface area contributed by atoms with Crippen LogP contribution in [0, 0.1) is 0 Å². The molecule has 0 heterocycles. The predicted molar refractivity (Wildman–Crippen MR) is 70.2 cm³/mol. The SMILES string of the molecule is O=C(OCCOC(=O)C([O-])(C(F)(F)F)C(F)(F)F)c1ccccc1Br. The average Bonchev–Trinajstić information content (AvgIpc) is 2.48. The molecule has 0 unspecified atom stereocenters. The van der Waals surface area contributed by atoms with E-state index in [1.807, 2.05) is 0 Å². The topological polar surface area (TPSA) is 75.7 Å². The number of hydrogen-bond donors (Lipinski definition) is 0. The van der Waals surface area contributed by atoms with Crippen LogP contribution in [0.3, 0.4) is 0 Å². The molecule has 0 fully saturated rings. The molecule has 12 heteroatoms. The first-order valence-electron chi connectivity index (χ1n) is 6.25. The zero-order valence-electron chi connectivity index (χ0n) is 11.9. The van der Waals surface area contributed by atoms with Crippen LogP contribution in [0.15, 0.2) is 28.7 Å². The van der Waals surface area contributed by atoms with E-state index in [0.717, 1.165) is 0 Å². The molecule has 0 spiro atoms. The van der Waals surface area contributed by atoms with Crippen LogP contribution in [0.4, 0.5) is 26.3 Å². The Hall–Kier alpha value is -1.82. The summed E-state index contributed by atoms with van der Waals surface area (Å²) in [6.07, 6.45) is -12.9. The standard InChI is InChI=1S/C13H8BrF6O5/c14-8-4-2-1-3-7(8)9(21)24-5-6-25-10(22)11(23,12(15,16)17)13(18,19)20/h1-4H,5-6H2/q-1. The molecular weight excluding hydrogens is 430 g/mol. The minimum absolute atomic E-state index is 0.0255. The molecular formula is C13H8BrF6O5-. The summed E-state index contributed by atoms with van der Waals surface area (Å²) in [6.45, 7) is -2.01. The van der Waals surface area contributed by atoms with Crippen molar-refractivity contribution in [2.45, 2.75) is 18.0 Å². The Morgan fingerprint density at radius 3 is 1.92 bits per heavy atom. The lowest BCUT2D eigenvalue weighted by Gasteiger charge is -2.40. The van der Waals surface area contributed by atoms with Crippen LogP contribution < -0.4 is 5.11 Å². The molecule has 1 rings (SSSR count). The maximum atomic E-state index is 12.3. The van der Waals surface area contributed by atoms with Crippen LogP contribution in [-0.4, -0.2) is 43.1 Å². The molecule has 0 radical (unpaired) electrons. The van der Waals surface area contributed by atoms with Crippen molar-refractivity contribution in [1.29, 1.82) is 0 Å². The Morgan fingerprint density at radius 1 is 0.960 bits per heavy atom. The van der Waals surface area contributed by atoms with Crippen LogP contribution >= 0.6 is 15.9 Å². The number of rotatable bonds is 5. The highest BCUT2D eigenvalue weighted by molar-refractivity contribution is 9.10. The van der Waals surface area contributed by atoms with Gasteiger partial charge in [0.15, 0.2) is 5.60 Å². The predicted octanol–water partition coefficient (Wildman–Crippen LogP) is 2.37. The van der Waals surface area contributed by atoms with Crippen molar-refractivity contribution in [2.24, 2.45) is 0 Å². The van der Waals surface area contributed by atoms with Gasteiger partial charge in [-0.05, 0) is 28.1 Å². The van der Waals surface area contributed by atoms with E-state index >= 15 is 0 Å². The molecule has 0 amide bonds. The summed E-state index contributed by atoms with van der Waals surface area (Å²) < 4.78 is 82.5. The van der Waals surface area contributed by atoms with E-state index in [1.54, 1.807) is 6.07 Å². The largest absolute Gasteiger partial charge is 0.828 e. The molecule has 0 aliphatic rings. The maximum Gasteiger partial charge on any atom is 0.399 e. The molecule has 1 aromatic carbocycles. The van der Waals surface area contributed by atoms with E-state index in [2.05, 4.69) is 25.4 Å². The van der Waals surface area contributed by atoms with Crippen molar-refractivity contribution in [3.05, 3.63) is 34.3 Å². The monoisotopic (exact) mass is 437 g/mol. The van der Waals surface area contributed by atoms with Gasteiger partial charge in [0.1, 0.15) is 13.2 Å². The second kappa shape index (κ2) is 7.60. The Bertz CT molecular complexity index is 629. The number of alkyl halides is 6. The van der Waals surface area contributed by atoms with E-state index in [-0.39, 0.29) is 5.56 Å². The van der Waals surface area contributed by atoms with E-state index in [0.29, 0.717) is 4.47 Å². The molecule has 0 atom stereocenters. The third-order valence-electron chi connectivity index (χ3n) is 2.73. The van der Waals surface area contributed by atoms with Gasteiger partial charge in [-0.25, -0.2) is 4.79 Å². The van der Waals surface area contributed by atoms with E-state index < -0.39 is 43.1 Å². The van der Waals surface area contributed by atoms with Crippen molar-refractivity contribution in [3.63, 3.8) is 0 Å². The fraction of sp³-hybridized carbons (Fsp3) is 0.385. The molecule has 0 N–H and O–H groups in total. The third kappa shape index (κ3) is 4.63. The van der Waals surface area contributed by atoms with Crippen LogP contribution in [0.25, 0.3) is 0 Å². The molecule has 0 aliphatic carbocycles. The maximum absolute atomic E-state index is 12.3. The molecule has 0 aromatic heterocycles. The van der Waals surface area contributed by atoms with Crippen LogP contribution in [0.5, 0.6) is 0 Å². The number of carbonyl (C=O) groups excluding carboxylic acids is 2. The van der Waals surface area contributed by atoms with Crippen molar-refractivity contribution in [1.82, 2.24) is 0 Å². The van der Waals surface area contributed by atoms with Gasteiger partial charge in [-0.15, -0.1) is 0 Å². The molecule has 0 saturated carbocycles. The molecule has 25 heavy (non-hydrogen) atoms. The minimum atomic E-state index is -6.45. The Balaban J connectivity index is 2.65. The van der Waals surface area contributed by atoms with Crippen LogP contribution in [0.1, 0.15) is 10.4 Å².